The molecule has 17 heavy (non-hydrogen) atoms. The van der Waals surface area contributed by atoms with Gasteiger partial charge in [-0.1, -0.05) is 22.0 Å². The molecule has 94 valence electrons. The molecule has 1 amide bonds. The molecule has 5 heteroatoms. The summed E-state index contributed by atoms with van der Waals surface area (Å²) in [5.41, 5.74) is 10.7. The normalized spacial score (nSPS) is 12.6. The van der Waals surface area contributed by atoms with Crippen LogP contribution in [0.5, 0.6) is 0 Å². The van der Waals surface area contributed by atoms with E-state index in [0.717, 1.165) is 15.6 Å². The molecule has 0 aromatic heterocycles. The van der Waals surface area contributed by atoms with Gasteiger partial charge in [0, 0.05) is 18.6 Å². The average Bonchev–Trinajstić information content (AvgIpc) is 2.22. The van der Waals surface area contributed by atoms with E-state index in [1.54, 1.807) is 19.1 Å². The number of nitrogens with two attached hydrogens (primary N) is 1. The van der Waals surface area contributed by atoms with Crippen LogP contribution >= 0.6 is 15.9 Å². The van der Waals surface area contributed by atoms with E-state index in [2.05, 4.69) is 21.4 Å². The lowest BCUT2D eigenvalue weighted by Crippen LogP contribution is -2.47. The Bertz CT molecular complexity index is 407. The van der Waals surface area contributed by atoms with Crippen LogP contribution in [0.2, 0.25) is 0 Å². The zero-order chi connectivity index (χ0) is 13.0. The van der Waals surface area contributed by atoms with Crippen molar-refractivity contribution in [3.05, 3.63) is 33.8 Å². The molecule has 1 atom stereocenters. The van der Waals surface area contributed by atoms with Crippen LogP contribution in [0.15, 0.2) is 22.7 Å². The Kier molecular flexibility index (Phi) is 5.11. The molecule has 1 unspecified atom stereocenters. The van der Waals surface area contributed by atoms with E-state index in [9.17, 15) is 4.79 Å². The molecule has 0 aliphatic rings. The van der Waals surface area contributed by atoms with Gasteiger partial charge in [-0.2, -0.15) is 0 Å². The standard InChI is InChI=1S/C12H18BrN3O/c1-8-4-5-10(13)6-9(8)7-11(14)12(17)15-16(2)3/h4-6,11H,7,14H2,1-3H3,(H,15,17). The van der Waals surface area contributed by atoms with Gasteiger partial charge in [0.15, 0.2) is 0 Å². The zero-order valence-electron chi connectivity index (χ0n) is 10.3. The molecule has 1 aromatic carbocycles. The van der Waals surface area contributed by atoms with E-state index in [1.807, 2.05) is 25.1 Å². The molecule has 0 saturated carbocycles. The minimum Gasteiger partial charge on any atom is -0.320 e. The van der Waals surface area contributed by atoms with Gasteiger partial charge in [0.05, 0.1) is 6.04 Å². The van der Waals surface area contributed by atoms with Gasteiger partial charge in [0.1, 0.15) is 0 Å². The molecule has 1 aromatic rings. The number of nitrogens with zero attached hydrogens (tertiary/aromatic N) is 1. The maximum atomic E-state index is 11.7. The first kappa shape index (κ1) is 14.2. The van der Waals surface area contributed by atoms with Crippen LogP contribution in [-0.2, 0) is 11.2 Å². The number of nitrogens with one attached hydrogen (secondary N) is 1. The Morgan fingerprint density at radius 2 is 2.18 bits per heavy atom. The molecule has 0 spiro atoms. The molecule has 0 aliphatic heterocycles. The summed E-state index contributed by atoms with van der Waals surface area (Å²) in [7, 11) is 3.52. The van der Waals surface area contributed by atoms with Crippen LogP contribution in [0.25, 0.3) is 0 Å². The minimum atomic E-state index is -0.537. The number of aryl methyl sites for hydroxylation is 1. The second-order valence-electron chi connectivity index (χ2n) is 4.25. The Morgan fingerprint density at radius 3 is 2.76 bits per heavy atom. The fraction of sp³-hybridized carbons (Fsp3) is 0.417. The van der Waals surface area contributed by atoms with Gasteiger partial charge < -0.3 is 5.73 Å². The molecule has 4 nitrogen and oxygen atoms in total. The topological polar surface area (TPSA) is 58.4 Å². The number of carbonyl (C=O) groups is 1. The number of rotatable bonds is 4. The second-order valence-corrected chi connectivity index (χ2v) is 5.17. The monoisotopic (exact) mass is 299 g/mol. The highest BCUT2D eigenvalue weighted by Crippen LogP contribution is 2.17. The van der Waals surface area contributed by atoms with Crippen molar-refractivity contribution in [2.75, 3.05) is 14.1 Å². The molecule has 1 rings (SSSR count). The number of halogens is 1. The Hall–Kier alpha value is -0.910. The maximum Gasteiger partial charge on any atom is 0.251 e. The van der Waals surface area contributed by atoms with Crippen LogP contribution in [0.4, 0.5) is 0 Å². The van der Waals surface area contributed by atoms with E-state index in [-0.39, 0.29) is 5.91 Å². The zero-order valence-corrected chi connectivity index (χ0v) is 11.9. The van der Waals surface area contributed by atoms with Crippen molar-refractivity contribution in [2.45, 2.75) is 19.4 Å². The molecule has 0 saturated heterocycles. The van der Waals surface area contributed by atoms with Crippen molar-refractivity contribution in [1.82, 2.24) is 10.4 Å². The first-order valence-electron chi connectivity index (χ1n) is 5.38. The molecule has 0 radical (unpaired) electrons. The number of amides is 1. The van der Waals surface area contributed by atoms with Crippen molar-refractivity contribution < 1.29 is 4.79 Å². The largest absolute Gasteiger partial charge is 0.320 e. The van der Waals surface area contributed by atoms with Gasteiger partial charge in [-0.3, -0.25) is 10.2 Å². The Balaban J connectivity index is 2.70. The third kappa shape index (κ3) is 4.46. The smallest absolute Gasteiger partial charge is 0.251 e. The third-order valence-electron chi connectivity index (χ3n) is 2.42. The molecule has 0 heterocycles. The summed E-state index contributed by atoms with van der Waals surface area (Å²) in [5.74, 6) is -0.172. The Morgan fingerprint density at radius 1 is 1.53 bits per heavy atom. The Labute approximate surface area is 110 Å². The predicted octanol–water partition coefficient (Wildman–Crippen LogP) is 1.22. The molecule has 0 fully saturated rings. The highest BCUT2D eigenvalue weighted by molar-refractivity contribution is 9.10. The van der Waals surface area contributed by atoms with Gasteiger partial charge in [-0.05, 0) is 36.6 Å². The molecule has 0 bridgehead atoms. The van der Waals surface area contributed by atoms with Crippen LogP contribution in [0.3, 0.4) is 0 Å². The summed E-state index contributed by atoms with van der Waals surface area (Å²) in [6.45, 7) is 2.01. The second kappa shape index (κ2) is 6.14. The van der Waals surface area contributed by atoms with E-state index in [0.29, 0.717) is 6.42 Å². The van der Waals surface area contributed by atoms with Crippen molar-refractivity contribution in [2.24, 2.45) is 5.73 Å². The SMILES string of the molecule is Cc1ccc(Br)cc1CC(N)C(=O)NN(C)C. The van der Waals surface area contributed by atoms with E-state index in [1.165, 1.54) is 0 Å². The lowest BCUT2D eigenvalue weighted by Gasteiger charge is -2.17. The quantitative estimate of drug-likeness (QED) is 0.822. The number of hydrazine groups is 1. The van der Waals surface area contributed by atoms with Crippen molar-refractivity contribution >= 4 is 21.8 Å². The predicted molar refractivity (Wildman–Crippen MR) is 72.4 cm³/mol. The van der Waals surface area contributed by atoms with Gasteiger partial charge in [0.2, 0.25) is 0 Å². The molecule has 3 N–H and O–H groups in total. The summed E-state index contributed by atoms with van der Waals surface area (Å²) >= 11 is 3.41. The van der Waals surface area contributed by atoms with Crippen LogP contribution in [0, 0.1) is 6.92 Å². The summed E-state index contributed by atoms with van der Waals surface area (Å²) in [4.78, 5) is 11.7. The van der Waals surface area contributed by atoms with Gasteiger partial charge in [-0.15, -0.1) is 0 Å². The summed E-state index contributed by atoms with van der Waals surface area (Å²) in [5, 5.41) is 1.59. The van der Waals surface area contributed by atoms with E-state index < -0.39 is 6.04 Å². The number of carbonyl (C=O) groups excluding carboxylic acids is 1. The molecular formula is C12H18BrN3O. The average molecular weight is 300 g/mol. The van der Waals surface area contributed by atoms with E-state index in [4.69, 9.17) is 5.73 Å². The summed E-state index contributed by atoms with van der Waals surface area (Å²) < 4.78 is 0.998. The fourth-order valence-electron chi connectivity index (χ4n) is 1.49. The van der Waals surface area contributed by atoms with Gasteiger partial charge >= 0.3 is 0 Å². The molecule has 0 aliphatic carbocycles. The van der Waals surface area contributed by atoms with Crippen molar-refractivity contribution in [3.63, 3.8) is 0 Å². The first-order chi connectivity index (χ1) is 7.90. The lowest BCUT2D eigenvalue weighted by molar-refractivity contribution is -0.126. The minimum absolute atomic E-state index is 0.172. The molecular weight excluding hydrogens is 282 g/mol. The highest BCUT2D eigenvalue weighted by atomic mass is 79.9. The number of benzene rings is 1. The lowest BCUT2D eigenvalue weighted by atomic mass is 10.0. The van der Waals surface area contributed by atoms with Crippen molar-refractivity contribution in [1.29, 1.82) is 0 Å². The summed E-state index contributed by atoms with van der Waals surface area (Å²) in [6, 6.07) is 5.45. The van der Waals surface area contributed by atoms with Crippen LogP contribution in [0.1, 0.15) is 11.1 Å². The van der Waals surface area contributed by atoms with Crippen LogP contribution in [-0.4, -0.2) is 31.1 Å². The summed E-state index contributed by atoms with van der Waals surface area (Å²) in [6.07, 6.45) is 0.533. The number of hydrogen-bond donors (Lipinski definition) is 2. The van der Waals surface area contributed by atoms with Crippen molar-refractivity contribution in [3.8, 4) is 0 Å². The number of hydrogen-bond acceptors (Lipinski definition) is 3. The maximum absolute atomic E-state index is 11.7. The first-order valence-corrected chi connectivity index (χ1v) is 6.18. The van der Waals surface area contributed by atoms with E-state index >= 15 is 0 Å². The van der Waals surface area contributed by atoms with Crippen LogP contribution < -0.4 is 11.2 Å². The van der Waals surface area contributed by atoms with Gasteiger partial charge in [-0.25, -0.2) is 5.01 Å². The third-order valence-corrected chi connectivity index (χ3v) is 2.91. The van der Waals surface area contributed by atoms with Gasteiger partial charge in [0.25, 0.3) is 5.91 Å². The fourth-order valence-corrected chi connectivity index (χ4v) is 1.90. The highest BCUT2D eigenvalue weighted by Gasteiger charge is 2.15.